The number of carbonyl (C=O) groups is 1. The first kappa shape index (κ1) is 16.2. The van der Waals surface area contributed by atoms with Gasteiger partial charge in [-0.2, -0.15) is 4.31 Å². The van der Waals surface area contributed by atoms with Crippen LogP contribution in [-0.2, 0) is 21.9 Å². The molecule has 0 aliphatic carbocycles. The number of primary amides is 1. The van der Waals surface area contributed by atoms with E-state index in [1.54, 1.807) is 13.1 Å². The summed E-state index contributed by atoms with van der Waals surface area (Å²) < 4.78 is 29.0. The maximum absolute atomic E-state index is 12.7. The van der Waals surface area contributed by atoms with Gasteiger partial charge in [-0.05, 0) is 31.0 Å². The lowest BCUT2D eigenvalue weighted by atomic mass is 9.98. The van der Waals surface area contributed by atoms with Gasteiger partial charge in [0.1, 0.15) is 0 Å². The molecule has 3 rings (SSSR count). The lowest BCUT2D eigenvalue weighted by Gasteiger charge is -2.29. The lowest BCUT2D eigenvalue weighted by molar-refractivity contribution is -0.122. The topological polar surface area (TPSA) is 102 Å². The second-order valence-electron chi connectivity index (χ2n) is 5.64. The summed E-state index contributed by atoms with van der Waals surface area (Å²) in [4.78, 5) is 22.9. The van der Waals surface area contributed by atoms with E-state index in [4.69, 9.17) is 5.73 Å². The molecule has 1 aliphatic rings. The Morgan fingerprint density at radius 3 is 2.57 bits per heavy atom. The molecule has 0 saturated carbocycles. The van der Waals surface area contributed by atoms with Crippen LogP contribution >= 0.6 is 11.3 Å². The summed E-state index contributed by atoms with van der Waals surface area (Å²) in [6.07, 6.45) is 0.880. The first-order chi connectivity index (χ1) is 10.8. The Labute approximate surface area is 137 Å². The van der Waals surface area contributed by atoms with E-state index < -0.39 is 10.0 Å². The number of thiazole rings is 1. The highest BCUT2D eigenvalue weighted by molar-refractivity contribution is 7.89. The molecule has 0 bridgehead atoms. The molecular weight excluding hydrogens is 338 g/mol. The molecule has 23 heavy (non-hydrogen) atoms. The maximum Gasteiger partial charge on any atom is 0.307 e. The van der Waals surface area contributed by atoms with Gasteiger partial charge in [0.25, 0.3) is 0 Å². The second kappa shape index (κ2) is 5.73. The van der Waals surface area contributed by atoms with Gasteiger partial charge >= 0.3 is 4.87 Å². The molecule has 0 atom stereocenters. The fraction of sp³-hybridized carbons (Fsp3) is 0.429. The maximum atomic E-state index is 12.7. The molecule has 1 aliphatic heterocycles. The number of fused-ring (bicyclic) bond motifs is 1. The number of sulfonamides is 1. The van der Waals surface area contributed by atoms with E-state index in [1.807, 2.05) is 0 Å². The van der Waals surface area contributed by atoms with E-state index in [2.05, 4.69) is 0 Å². The highest BCUT2D eigenvalue weighted by Gasteiger charge is 2.31. The van der Waals surface area contributed by atoms with Crippen LogP contribution < -0.4 is 10.6 Å². The quantitative estimate of drug-likeness (QED) is 0.865. The Morgan fingerprint density at radius 1 is 1.30 bits per heavy atom. The van der Waals surface area contributed by atoms with Gasteiger partial charge in [0, 0.05) is 26.1 Å². The summed E-state index contributed by atoms with van der Waals surface area (Å²) in [5.74, 6) is -0.638. The Balaban J connectivity index is 1.91. The van der Waals surface area contributed by atoms with Crippen molar-refractivity contribution in [2.24, 2.45) is 18.7 Å². The van der Waals surface area contributed by atoms with Gasteiger partial charge in [-0.25, -0.2) is 8.42 Å². The van der Waals surface area contributed by atoms with Crippen LogP contribution in [0, 0.1) is 5.92 Å². The number of nitrogens with two attached hydrogens (primary N) is 1. The molecule has 124 valence electrons. The van der Waals surface area contributed by atoms with E-state index >= 15 is 0 Å². The molecule has 2 heterocycles. The summed E-state index contributed by atoms with van der Waals surface area (Å²) >= 11 is 1.02. The molecular formula is C14H17N3O4S2. The largest absolute Gasteiger partial charge is 0.369 e. The zero-order valence-electron chi connectivity index (χ0n) is 12.6. The van der Waals surface area contributed by atoms with Gasteiger partial charge in [0.05, 0.1) is 15.1 Å². The first-order valence-corrected chi connectivity index (χ1v) is 9.45. The number of piperidine rings is 1. The molecule has 1 saturated heterocycles. The third kappa shape index (κ3) is 2.79. The van der Waals surface area contributed by atoms with Crippen molar-refractivity contribution in [2.45, 2.75) is 17.7 Å². The van der Waals surface area contributed by atoms with Crippen LogP contribution in [-0.4, -0.2) is 36.3 Å². The Hall–Kier alpha value is -1.71. The number of benzene rings is 1. The second-order valence-corrected chi connectivity index (χ2v) is 8.57. The third-order valence-electron chi connectivity index (χ3n) is 4.26. The number of carbonyl (C=O) groups excluding carboxylic acids is 1. The number of hydrogen-bond donors (Lipinski definition) is 1. The number of nitrogens with zero attached hydrogens (tertiary/aromatic N) is 2. The summed E-state index contributed by atoms with van der Waals surface area (Å²) in [6.45, 7) is 0.554. The molecule has 0 spiro atoms. The van der Waals surface area contributed by atoms with Gasteiger partial charge in [0.15, 0.2) is 0 Å². The van der Waals surface area contributed by atoms with Crippen molar-refractivity contribution in [3.05, 3.63) is 27.9 Å². The summed E-state index contributed by atoms with van der Waals surface area (Å²) in [5, 5.41) is 0. The van der Waals surface area contributed by atoms with Crippen LogP contribution in [0.15, 0.2) is 27.9 Å². The normalized spacial score (nSPS) is 17.6. The zero-order valence-corrected chi connectivity index (χ0v) is 14.2. The molecule has 1 aromatic heterocycles. The van der Waals surface area contributed by atoms with E-state index in [0.717, 1.165) is 11.3 Å². The smallest absolute Gasteiger partial charge is 0.307 e. The summed E-state index contributed by atoms with van der Waals surface area (Å²) in [6, 6.07) is 4.71. The van der Waals surface area contributed by atoms with Gasteiger partial charge in [-0.15, -0.1) is 0 Å². The van der Waals surface area contributed by atoms with Crippen LogP contribution in [0.5, 0.6) is 0 Å². The van der Waals surface area contributed by atoms with Crippen molar-refractivity contribution in [1.29, 1.82) is 0 Å². The molecule has 0 radical (unpaired) electrons. The van der Waals surface area contributed by atoms with Gasteiger partial charge in [0.2, 0.25) is 15.9 Å². The third-order valence-corrected chi connectivity index (χ3v) is 7.15. The van der Waals surface area contributed by atoms with Crippen LogP contribution in [0.4, 0.5) is 0 Å². The van der Waals surface area contributed by atoms with Gasteiger partial charge in [-0.1, -0.05) is 11.3 Å². The Morgan fingerprint density at radius 2 is 1.96 bits per heavy atom. The predicted octanol–water partition coefficient (Wildman–Crippen LogP) is 0.486. The highest BCUT2D eigenvalue weighted by Crippen LogP contribution is 2.26. The van der Waals surface area contributed by atoms with Crippen LogP contribution in [0.3, 0.4) is 0 Å². The minimum atomic E-state index is -3.63. The van der Waals surface area contributed by atoms with Crippen molar-refractivity contribution in [1.82, 2.24) is 8.87 Å². The van der Waals surface area contributed by atoms with E-state index in [9.17, 15) is 18.0 Å². The fourth-order valence-electron chi connectivity index (χ4n) is 2.80. The molecule has 1 fully saturated rings. The SMILES string of the molecule is Cn1c(=O)sc2cc(S(=O)(=O)N3CCC(C(N)=O)CC3)ccc21. The number of hydrogen-bond acceptors (Lipinski definition) is 5. The molecule has 1 amide bonds. The fourth-order valence-corrected chi connectivity index (χ4v) is 5.29. The van der Waals surface area contributed by atoms with Crippen LogP contribution in [0.1, 0.15) is 12.8 Å². The number of amides is 1. The van der Waals surface area contributed by atoms with Crippen molar-refractivity contribution < 1.29 is 13.2 Å². The lowest BCUT2D eigenvalue weighted by Crippen LogP contribution is -2.41. The molecule has 0 unspecified atom stereocenters. The van der Waals surface area contributed by atoms with Gasteiger partial charge < -0.3 is 10.3 Å². The van der Waals surface area contributed by atoms with Crippen LogP contribution in [0.25, 0.3) is 10.2 Å². The van der Waals surface area contributed by atoms with Crippen molar-refractivity contribution in [3.63, 3.8) is 0 Å². The standard InChI is InChI=1S/C14H17N3O4S2/c1-16-11-3-2-10(8-12(11)22-14(16)19)23(20,21)17-6-4-9(5-7-17)13(15)18/h2-3,8-9H,4-7H2,1H3,(H2,15,18). The average molecular weight is 355 g/mol. The van der Waals surface area contributed by atoms with Crippen molar-refractivity contribution >= 4 is 37.5 Å². The number of rotatable bonds is 3. The van der Waals surface area contributed by atoms with Crippen LogP contribution in [0.2, 0.25) is 0 Å². The number of aryl methyl sites for hydroxylation is 1. The molecule has 9 heteroatoms. The minimum absolute atomic E-state index is 0.128. The van der Waals surface area contributed by atoms with E-state index in [0.29, 0.717) is 23.1 Å². The summed E-state index contributed by atoms with van der Waals surface area (Å²) in [5.41, 5.74) is 5.99. The predicted molar refractivity (Wildman–Crippen MR) is 87.7 cm³/mol. The minimum Gasteiger partial charge on any atom is -0.369 e. The summed E-state index contributed by atoms with van der Waals surface area (Å²) in [7, 11) is -1.97. The van der Waals surface area contributed by atoms with Crippen molar-refractivity contribution in [2.75, 3.05) is 13.1 Å². The first-order valence-electron chi connectivity index (χ1n) is 7.20. The molecule has 2 aromatic rings. The van der Waals surface area contributed by atoms with E-state index in [1.165, 1.54) is 21.0 Å². The highest BCUT2D eigenvalue weighted by atomic mass is 32.2. The molecule has 1 aromatic carbocycles. The van der Waals surface area contributed by atoms with Gasteiger partial charge in [-0.3, -0.25) is 9.59 Å². The molecule has 7 nitrogen and oxygen atoms in total. The Kier molecular flexibility index (Phi) is 4.03. The van der Waals surface area contributed by atoms with Crippen molar-refractivity contribution in [3.8, 4) is 0 Å². The van der Waals surface area contributed by atoms with E-state index in [-0.39, 0.29) is 34.7 Å². The number of aromatic nitrogens is 1. The average Bonchev–Trinajstić information content (AvgIpc) is 2.81. The molecule has 2 N–H and O–H groups in total. The Bertz CT molecular complexity index is 921. The monoisotopic (exact) mass is 355 g/mol. The zero-order chi connectivity index (χ0) is 16.8.